The summed E-state index contributed by atoms with van der Waals surface area (Å²) in [6, 6.07) is 8.52. The van der Waals surface area contributed by atoms with Gasteiger partial charge >= 0.3 is 0 Å². The van der Waals surface area contributed by atoms with Crippen molar-refractivity contribution in [2.24, 2.45) is 5.73 Å². The Balaban J connectivity index is 1.82. The van der Waals surface area contributed by atoms with E-state index in [1.807, 2.05) is 0 Å². The number of hydrogen-bond acceptors (Lipinski definition) is 4. The van der Waals surface area contributed by atoms with Crippen LogP contribution in [0.5, 0.6) is 0 Å². The minimum absolute atomic E-state index is 0.00871. The minimum Gasteiger partial charge on any atom is -0.381 e. The van der Waals surface area contributed by atoms with Crippen molar-refractivity contribution >= 4 is 21.4 Å². The van der Waals surface area contributed by atoms with E-state index in [2.05, 4.69) is 29.6 Å². The molecule has 0 amide bonds. The second-order valence-corrected chi connectivity index (χ2v) is 6.36. The summed E-state index contributed by atoms with van der Waals surface area (Å²) >= 11 is 1.79. The van der Waals surface area contributed by atoms with Gasteiger partial charge in [0.25, 0.3) is 0 Å². The maximum Gasteiger partial charge on any atom is 0.0875 e. The normalized spacial score (nSPS) is 20.1. The maximum absolute atomic E-state index is 6.50. The van der Waals surface area contributed by atoms with Crippen molar-refractivity contribution in [3.05, 3.63) is 35.2 Å². The fraction of sp³-hybridized carbons (Fsp3) is 0.500. The highest BCUT2D eigenvalue weighted by Crippen LogP contribution is 2.32. The molecule has 3 nitrogen and oxygen atoms in total. The van der Waals surface area contributed by atoms with Gasteiger partial charge in [0.05, 0.1) is 5.60 Å². The van der Waals surface area contributed by atoms with E-state index in [4.69, 9.17) is 15.2 Å². The molecule has 2 heterocycles. The van der Waals surface area contributed by atoms with Crippen LogP contribution in [0, 0.1) is 0 Å². The van der Waals surface area contributed by atoms with Crippen LogP contribution in [0.1, 0.15) is 18.4 Å². The van der Waals surface area contributed by atoms with Gasteiger partial charge in [-0.2, -0.15) is 0 Å². The molecule has 1 atom stereocenters. The summed E-state index contributed by atoms with van der Waals surface area (Å²) in [7, 11) is 1.77. The zero-order valence-corrected chi connectivity index (χ0v) is 12.6. The summed E-state index contributed by atoms with van der Waals surface area (Å²) in [5.41, 5.74) is 7.60. The molecule has 2 aromatic rings. The number of hydrogen-bond donors (Lipinski definition) is 1. The third-order valence-corrected chi connectivity index (χ3v) is 5.43. The van der Waals surface area contributed by atoms with Crippen LogP contribution < -0.4 is 5.73 Å². The Morgan fingerprint density at radius 1 is 1.35 bits per heavy atom. The summed E-state index contributed by atoms with van der Waals surface area (Å²) < 4.78 is 12.6. The third-order valence-electron chi connectivity index (χ3n) is 4.42. The van der Waals surface area contributed by atoms with Gasteiger partial charge in [-0.1, -0.05) is 18.2 Å². The molecule has 4 heteroatoms. The molecule has 1 unspecified atom stereocenters. The zero-order valence-electron chi connectivity index (χ0n) is 11.8. The van der Waals surface area contributed by atoms with Gasteiger partial charge in [0.2, 0.25) is 0 Å². The Labute approximate surface area is 123 Å². The number of nitrogens with two attached hydrogens (primary N) is 1. The number of benzene rings is 1. The average molecular weight is 291 g/mol. The van der Waals surface area contributed by atoms with Crippen molar-refractivity contribution in [1.82, 2.24) is 0 Å². The Bertz CT molecular complexity index is 575. The first-order valence-electron chi connectivity index (χ1n) is 7.09. The van der Waals surface area contributed by atoms with Gasteiger partial charge in [-0.25, -0.2) is 0 Å². The molecule has 1 aromatic carbocycles. The summed E-state index contributed by atoms with van der Waals surface area (Å²) in [4.78, 5) is 0. The Morgan fingerprint density at radius 3 is 2.85 bits per heavy atom. The van der Waals surface area contributed by atoms with E-state index in [0.717, 1.165) is 32.5 Å². The predicted octanol–water partition coefficient (Wildman–Crippen LogP) is 2.97. The summed E-state index contributed by atoms with van der Waals surface area (Å²) in [5, 5.41) is 3.55. The van der Waals surface area contributed by atoms with Crippen molar-refractivity contribution in [2.75, 3.05) is 20.3 Å². The van der Waals surface area contributed by atoms with Crippen molar-refractivity contribution in [3.63, 3.8) is 0 Å². The molecule has 0 bridgehead atoms. The van der Waals surface area contributed by atoms with Gasteiger partial charge in [-0.3, -0.25) is 0 Å². The second kappa shape index (κ2) is 5.82. The fourth-order valence-electron chi connectivity index (χ4n) is 3.06. The van der Waals surface area contributed by atoms with Crippen LogP contribution in [-0.4, -0.2) is 32.0 Å². The largest absolute Gasteiger partial charge is 0.381 e. The first-order valence-corrected chi connectivity index (χ1v) is 7.97. The highest BCUT2D eigenvalue weighted by Gasteiger charge is 2.38. The van der Waals surface area contributed by atoms with Crippen molar-refractivity contribution in [1.29, 1.82) is 0 Å². The van der Waals surface area contributed by atoms with Crippen LogP contribution in [0.3, 0.4) is 0 Å². The summed E-state index contributed by atoms with van der Waals surface area (Å²) in [6.07, 6.45) is 2.62. The van der Waals surface area contributed by atoms with Crippen molar-refractivity contribution in [3.8, 4) is 0 Å². The molecule has 1 aliphatic heterocycles. The lowest BCUT2D eigenvalue weighted by atomic mass is 9.83. The van der Waals surface area contributed by atoms with Gasteiger partial charge in [-0.15, -0.1) is 11.3 Å². The van der Waals surface area contributed by atoms with Crippen molar-refractivity contribution < 1.29 is 9.47 Å². The first-order chi connectivity index (χ1) is 9.75. The molecule has 3 rings (SSSR count). The molecule has 0 radical (unpaired) electrons. The van der Waals surface area contributed by atoms with Gasteiger partial charge in [-0.05, 0) is 28.8 Å². The van der Waals surface area contributed by atoms with Crippen molar-refractivity contribution in [2.45, 2.75) is 30.9 Å². The van der Waals surface area contributed by atoms with Gasteiger partial charge in [0, 0.05) is 43.9 Å². The standard InChI is InChI=1S/C16H21NO2S/c1-18-16(6-8-19-9-7-16)15(17)10-12-11-20-14-5-3-2-4-13(12)14/h2-5,11,15H,6-10,17H2,1H3. The maximum atomic E-state index is 6.50. The van der Waals surface area contributed by atoms with Gasteiger partial charge in [0.15, 0.2) is 0 Å². The lowest BCUT2D eigenvalue weighted by Gasteiger charge is -2.40. The van der Waals surface area contributed by atoms with E-state index < -0.39 is 0 Å². The molecular weight excluding hydrogens is 270 g/mol. The number of methoxy groups -OCH3 is 1. The quantitative estimate of drug-likeness (QED) is 0.942. The molecule has 1 saturated heterocycles. The molecule has 1 aromatic heterocycles. The van der Waals surface area contributed by atoms with E-state index in [9.17, 15) is 0 Å². The van der Waals surface area contributed by atoms with Gasteiger partial charge in [0.1, 0.15) is 0 Å². The van der Waals surface area contributed by atoms with Crippen LogP contribution in [0.15, 0.2) is 29.6 Å². The molecular formula is C16H21NO2S. The first kappa shape index (κ1) is 14.0. The minimum atomic E-state index is -0.235. The lowest BCUT2D eigenvalue weighted by molar-refractivity contribution is -0.103. The molecule has 1 aliphatic rings. The molecule has 0 saturated carbocycles. The van der Waals surface area contributed by atoms with Crippen LogP contribution in [0.2, 0.25) is 0 Å². The zero-order chi connectivity index (χ0) is 14.0. The highest BCUT2D eigenvalue weighted by atomic mass is 32.1. The Kier molecular flexibility index (Phi) is 4.08. The van der Waals surface area contributed by atoms with E-state index >= 15 is 0 Å². The SMILES string of the molecule is COC1(C(N)Cc2csc3ccccc23)CCOCC1. The highest BCUT2D eigenvalue weighted by molar-refractivity contribution is 7.17. The molecule has 108 valence electrons. The molecule has 20 heavy (non-hydrogen) atoms. The van der Waals surface area contributed by atoms with Crippen LogP contribution in [0.25, 0.3) is 10.1 Å². The third kappa shape index (κ3) is 2.49. The fourth-order valence-corrected chi connectivity index (χ4v) is 4.03. The number of ether oxygens (including phenoxy) is 2. The summed E-state index contributed by atoms with van der Waals surface area (Å²) in [6.45, 7) is 1.48. The summed E-state index contributed by atoms with van der Waals surface area (Å²) in [5.74, 6) is 0. The van der Waals surface area contributed by atoms with Crippen LogP contribution in [-0.2, 0) is 15.9 Å². The average Bonchev–Trinajstić information content (AvgIpc) is 2.91. The van der Waals surface area contributed by atoms with E-state index in [0.29, 0.717) is 0 Å². The topological polar surface area (TPSA) is 44.5 Å². The van der Waals surface area contributed by atoms with E-state index in [-0.39, 0.29) is 11.6 Å². The molecule has 0 spiro atoms. The Morgan fingerprint density at radius 2 is 2.10 bits per heavy atom. The van der Waals surface area contributed by atoms with Crippen LogP contribution >= 0.6 is 11.3 Å². The second-order valence-electron chi connectivity index (χ2n) is 5.45. The molecule has 1 fully saturated rings. The molecule has 2 N–H and O–H groups in total. The van der Waals surface area contributed by atoms with E-state index in [1.54, 1.807) is 18.4 Å². The number of thiophene rings is 1. The molecule has 0 aliphatic carbocycles. The van der Waals surface area contributed by atoms with Gasteiger partial charge < -0.3 is 15.2 Å². The van der Waals surface area contributed by atoms with Crippen LogP contribution in [0.4, 0.5) is 0 Å². The Hall–Kier alpha value is -0.940. The van der Waals surface area contributed by atoms with E-state index in [1.165, 1.54) is 15.6 Å². The smallest absolute Gasteiger partial charge is 0.0875 e. The number of fused-ring (bicyclic) bond motifs is 1. The monoisotopic (exact) mass is 291 g/mol. The predicted molar refractivity (Wildman–Crippen MR) is 83.3 cm³/mol. The lowest BCUT2D eigenvalue weighted by Crippen LogP contribution is -2.53. The number of rotatable bonds is 4.